The topological polar surface area (TPSA) is 70.3 Å². The minimum Gasteiger partial charge on any atom is -0.382 e. The standard InChI is InChI=1S/C11H17N3O2/c12-10-8-13-9(7-14-10)4-6-16-11-3-1-2-5-15-11/h7-8,11H,1-6H2,(H2,12,14). The van der Waals surface area contributed by atoms with Gasteiger partial charge in [0, 0.05) is 13.0 Å². The Hall–Kier alpha value is -1.20. The van der Waals surface area contributed by atoms with Gasteiger partial charge in [-0.1, -0.05) is 0 Å². The van der Waals surface area contributed by atoms with Crippen LogP contribution in [0, 0.1) is 0 Å². The van der Waals surface area contributed by atoms with Crippen LogP contribution < -0.4 is 5.73 Å². The average molecular weight is 223 g/mol. The Morgan fingerprint density at radius 3 is 3.00 bits per heavy atom. The fraction of sp³-hybridized carbons (Fsp3) is 0.636. The third-order valence-electron chi connectivity index (χ3n) is 2.53. The zero-order valence-electron chi connectivity index (χ0n) is 9.26. The summed E-state index contributed by atoms with van der Waals surface area (Å²) in [5.74, 6) is 0.445. The van der Waals surface area contributed by atoms with Gasteiger partial charge in [0.05, 0.1) is 24.7 Å². The molecule has 1 saturated heterocycles. The highest BCUT2D eigenvalue weighted by molar-refractivity contribution is 5.22. The highest BCUT2D eigenvalue weighted by atomic mass is 16.7. The van der Waals surface area contributed by atoms with E-state index < -0.39 is 0 Å². The van der Waals surface area contributed by atoms with Crippen molar-refractivity contribution in [2.24, 2.45) is 0 Å². The first-order chi connectivity index (χ1) is 7.84. The highest BCUT2D eigenvalue weighted by Crippen LogP contribution is 2.13. The largest absolute Gasteiger partial charge is 0.382 e. The van der Waals surface area contributed by atoms with E-state index in [0.29, 0.717) is 12.4 Å². The molecule has 1 atom stereocenters. The average Bonchev–Trinajstić information content (AvgIpc) is 2.33. The number of nitrogens with two attached hydrogens (primary N) is 1. The predicted molar refractivity (Wildman–Crippen MR) is 59.7 cm³/mol. The molecule has 0 spiro atoms. The summed E-state index contributed by atoms with van der Waals surface area (Å²) in [6.07, 6.45) is 7.28. The summed E-state index contributed by atoms with van der Waals surface area (Å²) in [4.78, 5) is 8.13. The molecule has 0 bridgehead atoms. The van der Waals surface area contributed by atoms with Crippen LogP contribution in [-0.4, -0.2) is 29.5 Å². The lowest BCUT2D eigenvalue weighted by atomic mass is 10.2. The Kier molecular flexibility index (Phi) is 4.07. The Morgan fingerprint density at radius 2 is 2.31 bits per heavy atom. The lowest BCUT2D eigenvalue weighted by Gasteiger charge is -2.22. The van der Waals surface area contributed by atoms with Crippen molar-refractivity contribution < 1.29 is 9.47 Å². The number of nitrogen functional groups attached to an aromatic ring is 1. The van der Waals surface area contributed by atoms with E-state index >= 15 is 0 Å². The summed E-state index contributed by atoms with van der Waals surface area (Å²) in [6, 6.07) is 0. The summed E-state index contributed by atoms with van der Waals surface area (Å²) in [7, 11) is 0. The predicted octanol–water partition coefficient (Wildman–Crippen LogP) is 1.14. The van der Waals surface area contributed by atoms with Crippen molar-refractivity contribution in [1.82, 2.24) is 9.97 Å². The van der Waals surface area contributed by atoms with E-state index in [9.17, 15) is 0 Å². The monoisotopic (exact) mass is 223 g/mol. The molecule has 5 nitrogen and oxygen atoms in total. The maximum absolute atomic E-state index is 5.60. The van der Waals surface area contributed by atoms with Gasteiger partial charge in [0.2, 0.25) is 0 Å². The van der Waals surface area contributed by atoms with Crippen LogP contribution >= 0.6 is 0 Å². The minimum absolute atomic E-state index is 0.0320. The van der Waals surface area contributed by atoms with Gasteiger partial charge < -0.3 is 15.2 Å². The first kappa shape index (κ1) is 11.3. The molecule has 2 heterocycles. The van der Waals surface area contributed by atoms with Crippen LogP contribution in [0.5, 0.6) is 0 Å². The van der Waals surface area contributed by atoms with Crippen LogP contribution in [0.1, 0.15) is 25.0 Å². The second-order valence-electron chi connectivity index (χ2n) is 3.85. The van der Waals surface area contributed by atoms with Crippen LogP contribution in [0.2, 0.25) is 0 Å². The quantitative estimate of drug-likeness (QED) is 0.829. The number of hydrogen-bond donors (Lipinski definition) is 1. The van der Waals surface area contributed by atoms with Crippen molar-refractivity contribution in [2.45, 2.75) is 32.0 Å². The highest BCUT2D eigenvalue weighted by Gasteiger charge is 2.13. The number of aromatic nitrogens is 2. The van der Waals surface area contributed by atoms with Crippen LogP contribution in [-0.2, 0) is 15.9 Å². The summed E-state index contributed by atoms with van der Waals surface area (Å²) in [5.41, 5.74) is 6.34. The second kappa shape index (κ2) is 5.77. The van der Waals surface area contributed by atoms with Crippen molar-refractivity contribution in [2.75, 3.05) is 18.9 Å². The molecule has 2 rings (SSSR count). The van der Waals surface area contributed by atoms with Crippen LogP contribution in [0.4, 0.5) is 5.82 Å². The van der Waals surface area contributed by atoms with Crippen LogP contribution in [0.3, 0.4) is 0 Å². The molecule has 2 N–H and O–H groups in total. The van der Waals surface area contributed by atoms with Gasteiger partial charge in [-0.2, -0.15) is 0 Å². The lowest BCUT2D eigenvalue weighted by molar-refractivity contribution is -0.161. The molecule has 5 heteroatoms. The fourth-order valence-electron chi connectivity index (χ4n) is 1.63. The fourth-order valence-corrected chi connectivity index (χ4v) is 1.63. The van der Waals surface area contributed by atoms with Crippen molar-refractivity contribution in [3.63, 3.8) is 0 Å². The molecule has 0 radical (unpaired) electrons. The van der Waals surface area contributed by atoms with Gasteiger partial charge in [-0.15, -0.1) is 0 Å². The smallest absolute Gasteiger partial charge is 0.157 e. The molecule has 88 valence electrons. The van der Waals surface area contributed by atoms with Gasteiger partial charge >= 0.3 is 0 Å². The van der Waals surface area contributed by atoms with E-state index in [1.807, 2.05) is 0 Å². The Morgan fingerprint density at radius 1 is 1.38 bits per heavy atom. The van der Waals surface area contributed by atoms with Gasteiger partial charge in [0.1, 0.15) is 5.82 Å². The first-order valence-corrected chi connectivity index (χ1v) is 5.64. The number of nitrogens with zero attached hydrogens (tertiary/aromatic N) is 2. The van der Waals surface area contributed by atoms with Crippen molar-refractivity contribution >= 4 is 5.82 Å². The first-order valence-electron chi connectivity index (χ1n) is 5.64. The Labute approximate surface area is 95.0 Å². The molecule has 1 unspecified atom stereocenters. The maximum Gasteiger partial charge on any atom is 0.157 e. The lowest BCUT2D eigenvalue weighted by Crippen LogP contribution is -2.23. The molecule has 0 aromatic carbocycles. The van der Waals surface area contributed by atoms with Crippen molar-refractivity contribution in [3.05, 3.63) is 18.1 Å². The van der Waals surface area contributed by atoms with E-state index in [2.05, 4.69) is 9.97 Å². The van der Waals surface area contributed by atoms with E-state index in [1.54, 1.807) is 12.4 Å². The minimum atomic E-state index is -0.0320. The third kappa shape index (κ3) is 3.43. The molecule has 1 aromatic rings. The van der Waals surface area contributed by atoms with Gasteiger partial charge in [-0.05, 0) is 19.3 Å². The molecule has 1 aromatic heterocycles. The van der Waals surface area contributed by atoms with Gasteiger partial charge in [0.15, 0.2) is 6.29 Å². The number of ether oxygens (including phenoxy) is 2. The summed E-state index contributed by atoms with van der Waals surface area (Å²) < 4.78 is 11.1. The van der Waals surface area contributed by atoms with Gasteiger partial charge in [0.25, 0.3) is 0 Å². The number of rotatable bonds is 4. The van der Waals surface area contributed by atoms with E-state index in [-0.39, 0.29) is 6.29 Å². The van der Waals surface area contributed by atoms with E-state index in [4.69, 9.17) is 15.2 Å². The van der Waals surface area contributed by atoms with Gasteiger partial charge in [-0.3, -0.25) is 4.98 Å². The number of hydrogen-bond acceptors (Lipinski definition) is 5. The number of anilines is 1. The molecule has 0 amide bonds. The van der Waals surface area contributed by atoms with Crippen LogP contribution in [0.25, 0.3) is 0 Å². The summed E-state index contributed by atoms with van der Waals surface area (Å²) in [6.45, 7) is 1.43. The Bertz CT molecular complexity index is 310. The zero-order valence-corrected chi connectivity index (χ0v) is 9.26. The SMILES string of the molecule is Nc1cnc(CCOC2CCCCO2)cn1. The van der Waals surface area contributed by atoms with Crippen molar-refractivity contribution in [1.29, 1.82) is 0 Å². The zero-order chi connectivity index (χ0) is 11.2. The van der Waals surface area contributed by atoms with Gasteiger partial charge in [-0.25, -0.2) is 4.98 Å². The maximum atomic E-state index is 5.60. The normalized spacial score (nSPS) is 20.9. The second-order valence-corrected chi connectivity index (χ2v) is 3.85. The molecule has 1 aliphatic rings. The van der Waals surface area contributed by atoms with E-state index in [1.165, 1.54) is 6.42 Å². The molecule has 1 fully saturated rings. The third-order valence-corrected chi connectivity index (χ3v) is 2.53. The molecule has 16 heavy (non-hydrogen) atoms. The molecule has 0 saturated carbocycles. The summed E-state index contributed by atoms with van der Waals surface area (Å²) >= 11 is 0. The molecular weight excluding hydrogens is 206 g/mol. The van der Waals surface area contributed by atoms with Crippen LogP contribution in [0.15, 0.2) is 12.4 Å². The van der Waals surface area contributed by atoms with E-state index in [0.717, 1.165) is 31.6 Å². The molecular formula is C11H17N3O2. The summed E-state index contributed by atoms with van der Waals surface area (Å²) in [5, 5.41) is 0. The molecule has 0 aliphatic carbocycles. The molecule has 1 aliphatic heterocycles. The van der Waals surface area contributed by atoms with Crippen molar-refractivity contribution in [3.8, 4) is 0 Å². The Balaban J connectivity index is 1.69.